The molecule has 0 aromatic carbocycles. The summed E-state index contributed by atoms with van der Waals surface area (Å²) in [5.74, 6) is 1.15. The molecule has 0 aromatic heterocycles. The molecule has 4 rings (SSSR count). The summed E-state index contributed by atoms with van der Waals surface area (Å²) < 4.78 is 0. The lowest BCUT2D eigenvalue weighted by atomic mass is 9.85. The zero-order valence-electron chi connectivity index (χ0n) is 12.3. The second-order valence-electron chi connectivity index (χ2n) is 7.32. The van der Waals surface area contributed by atoms with Crippen LogP contribution in [0.15, 0.2) is 0 Å². The molecule has 2 N–H and O–H groups in total. The third kappa shape index (κ3) is 2.37. The van der Waals surface area contributed by atoms with Crippen LogP contribution in [0.4, 0.5) is 0 Å². The van der Waals surface area contributed by atoms with Crippen LogP contribution >= 0.6 is 0 Å². The Hall–Kier alpha value is -0.610. The van der Waals surface area contributed by atoms with E-state index in [0.29, 0.717) is 24.0 Å². The fourth-order valence-corrected chi connectivity index (χ4v) is 4.87. The van der Waals surface area contributed by atoms with Gasteiger partial charge in [0.2, 0.25) is 5.91 Å². The lowest BCUT2D eigenvalue weighted by Gasteiger charge is -2.27. The predicted molar refractivity (Wildman–Crippen MR) is 78.4 cm³/mol. The van der Waals surface area contributed by atoms with Gasteiger partial charge in [-0.05, 0) is 44.4 Å². The maximum atomic E-state index is 12.8. The highest BCUT2D eigenvalue weighted by Gasteiger charge is 2.41. The molecule has 5 atom stereocenters. The SMILES string of the molecule is O=C(C1CC2CCCCC2N1)N1CCC2CCC(C1)N2. The first kappa shape index (κ1) is 13.1. The third-order valence-corrected chi connectivity index (χ3v) is 6.00. The summed E-state index contributed by atoms with van der Waals surface area (Å²) in [7, 11) is 0. The molecule has 0 radical (unpaired) electrons. The number of hydrogen-bond donors (Lipinski definition) is 2. The van der Waals surface area contributed by atoms with Crippen LogP contribution in [0.1, 0.15) is 51.4 Å². The minimum absolute atomic E-state index is 0.111. The van der Waals surface area contributed by atoms with E-state index in [-0.39, 0.29) is 6.04 Å². The Balaban J connectivity index is 1.40. The highest BCUT2D eigenvalue weighted by atomic mass is 16.2. The Morgan fingerprint density at radius 3 is 2.70 bits per heavy atom. The van der Waals surface area contributed by atoms with Crippen molar-refractivity contribution in [1.82, 2.24) is 15.5 Å². The highest BCUT2D eigenvalue weighted by Crippen LogP contribution is 2.34. The Kier molecular flexibility index (Phi) is 3.47. The lowest BCUT2D eigenvalue weighted by molar-refractivity contribution is -0.133. The average Bonchev–Trinajstić information content (AvgIpc) is 3.01. The Labute approximate surface area is 121 Å². The molecule has 4 aliphatic rings. The first-order valence-electron chi connectivity index (χ1n) is 8.60. The minimum atomic E-state index is 0.111. The van der Waals surface area contributed by atoms with Crippen molar-refractivity contribution in [2.24, 2.45) is 5.92 Å². The van der Waals surface area contributed by atoms with E-state index in [4.69, 9.17) is 0 Å². The van der Waals surface area contributed by atoms with Gasteiger partial charge < -0.3 is 15.5 Å². The molecule has 112 valence electrons. The zero-order valence-corrected chi connectivity index (χ0v) is 12.3. The van der Waals surface area contributed by atoms with Crippen molar-refractivity contribution in [1.29, 1.82) is 0 Å². The molecule has 5 unspecified atom stereocenters. The van der Waals surface area contributed by atoms with Crippen LogP contribution in [0.2, 0.25) is 0 Å². The Morgan fingerprint density at radius 1 is 0.950 bits per heavy atom. The number of carbonyl (C=O) groups is 1. The molecule has 3 heterocycles. The maximum Gasteiger partial charge on any atom is 0.239 e. The second-order valence-corrected chi connectivity index (χ2v) is 7.32. The monoisotopic (exact) mass is 277 g/mol. The van der Waals surface area contributed by atoms with Crippen molar-refractivity contribution in [3.8, 4) is 0 Å². The third-order valence-electron chi connectivity index (χ3n) is 6.00. The van der Waals surface area contributed by atoms with Crippen molar-refractivity contribution in [2.45, 2.75) is 75.5 Å². The number of carbonyl (C=O) groups excluding carboxylic acids is 1. The summed E-state index contributed by atoms with van der Waals surface area (Å²) in [5.41, 5.74) is 0. The van der Waals surface area contributed by atoms with Gasteiger partial charge in [0.15, 0.2) is 0 Å². The highest BCUT2D eigenvalue weighted by molar-refractivity contribution is 5.82. The summed E-state index contributed by atoms with van der Waals surface area (Å²) in [5, 5.41) is 7.31. The van der Waals surface area contributed by atoms with Crippen LogP contribution in [0.5, 0.6) is 0 Å². The van der Waals surface area contributed by atoms with Gasteiger partial charge in [0.25, 0.3) is 0 Å². The first-order chi connectivity index (χ1) is 9.79. The van der Waals surface area contributed by atoms with E-state index in [1.807, 2.05) is 0 Å². The Bertz CT molecular complexity index is 372. The number of nitrogens with one attached hydrogen (secondary N) is 2. The predicted octanol–water partition coefficient (Wildman–Crippen LogP) is 1.26. The minimum Gasteiger partial charge on any atom is -0.340 e. The van der Waals surface area contributed by atoms with E-state index in [9.17, 15) is 4.79 Å². The van der Waals surface area contributed by atoms with Crippen molar-refractivity contribution in [3.63, 3.8) is 0 Å². The average molecular weight is 277 g/mol. The molecule has 1 amide bonds. The largest absolute Gasteiger partial charge is 0.340 e. The summed E-state index contributed by atoms with van der Waals surface area (Å²) in [6.45, 7) is 1.89. The van der Waals surface area contributed by atoms with Gasteiger partial charge in [-0.3, -0.25) is 4.79 Å². The van der Waals surface area contributed by atoms with Gasteiger partial charge in [0, 0.05) is 31.2 Å². The summed E-state index contributed by atoms with van der Waals surface area (Å²) >= 11 is 0. The molecule has 0 aromatic rings. The van der Waals surface area contributed by atoms with Crippen molar-refractivity contribution in [2.75, 3.05) is 13.1 Å². The van der Waals surface area contributed by atoms with E-state index in [1.165, 1.54) is 38.5 Å². The van der Waals surface area contributed by atoms with Crippen molar-refractivity contribution < 1.29 is 4.79 Å². The van der Waals surface area contributed by atoms with E-state index < -0.39 is 0 Å². The molecule has 20 heavy (non-hydrogen) atoms. The topological polar surface area (TPSA) is 44.4 Å². The van der Waals surface area contributed by atoms with Crippen LogP contribution < -0.4 is 10.6 Å². The zero-order chi connectivity index (χ0) is 13.5. The van der Waals surface area contributed by atoms with Gasteiger partial charge in [-0.2, -0.15) is 0 Å². The molecule has 1 aliphatic carbocycles. The van der Waals surface area contributed by atoms with Gasteiger partial charge in [-0.1, -0.05) is 12.8 Å². The fraction of sp³-hybridized carbons (Fsp3) is 0.938. The van der Waals surface area contributed by atoms with Crippen LogP contribution in [0.3, 0.4) is 0 Å². The van der Waals surface area contributed by atoms with Gasteiger partial charge in [-0.25, -0.2) is 0 Å². The standard InChI is InChI=1S/C16H27N3O/c20-16(15-9-11-3-1-2-4-14(11)18-15)19-8-7-12-5-6-13(10-19)17-12/h11-15,17-18H,1-10H2. The summed E-state index contributed by atoms with van der Waals surface area (Å²) in [4.78, 5) is 15.0. The first-order valence-corrected chi connectivity index (χ1v) is 8.60. The van der Waals surface area contributed by atoms with E-state index >= 15 is 0 Å². The van der Waals surface area contributed by atoms with Gasteiger partial charge in [-0.15, -0.1) is 0 Å². The van der Waals surface area contributed by atoms with Gasteiger partial charge in [0.05, 0.1) is 6.04 Å². The van der Waals surface area contributed by atoms with Gasteiger partial charge >= 0.3 is 0 Å². The number of likely N-dealkylation sites (tertiary alicyclic amines) is 1. The molecule has 3 aliphatic heterocycles. The summed E-state index contributed by atoms with van der Waals surface area (Å²) in [6, 6.07) is 1.95. The van der Waals surface area contributed by atoms with E-state index in [2.05, 4.69) is 15.5 Å². The van der Waals surface area contributed by atoms with Crippen LogP contribution in [0.25, 0.3) is 0 Å². The number of hydrogen-bond acceptors (Lipinski definition) is 3. The Morgan fingerprint density at radius 2 is 1.80 bits per heavy atom. The van der Waals surface area contributed by atoms with Crippen LogP contribution in [-0.2, 0) is 4.79 Å². The molecule has 4 heteroatoms. The molecule has 3 saturated heterocycles. The molecular formula is C16H27N3O. The quantitative estimate of drug-likeness (QED) is 0.758. The van der Waals surface area contributed by atoms with Gasteiger partial charge in [0.1, 0.15) is 0 Å². The molecule has 1 saturated carbocycles. The molecule has 4 fully saturated rings. The van der Waals surface area contributed by atoms with Crippen molar-refractivity contribution >= 4 is 5.91 Å². The fourth-order valence-electron chi connectivity index (χ4n) is 4.87. The second kappa shape index (κ2) is 5.30. The number of nitrogens with zero attached hydrogens (tertiary/aromatic N) is 1. The van der Waals surface area contributed by atoms with Crippen LogP contribution in [-0.4, -0.2) is 48.1 Å². The molecule has 0 spiro atoms. The van der Waals surface area contributed by atoms with E-state index in [0.717, 1.165) is 31.8 Å². The van der Waals surface area contributed by atoms with E-state index in [1.54, 1.807) is 0 Å². The number of amides is 1. The smallest absolute Gasteiger partial charge is 0.239 e. The normalized spacial score (nSPS) is 44.2. The van der Waals surface area contributed by atoms with Crippen molar-refractivity contribution in [3.05, 3.63) is 0 Å². The lowest BCUT2D eigenvalue weighted by Crippen LogP contribution is -2.48. The molecular weight excluding hydrogens is 250 g/mol. The number of rotatable bonds is 1. The van der Waals surface area contributed by atoms with Crippen LogP contribution in [0, 0.1) is 5.92 Å². The maximum absolute atomic E-state index is 12.8. The molecule has 2 bridgehead atoms. The summed E-state index contributed by atoms with van der Waals surface area (Å²) in [6.07, 6.45) is 10.1. The molecule has 4 nitrogen and oxygen atoms in total. The number of fused-ring (bicyclic) bond motifs is 3.